The number of fused-ring (bicyclic) bond motifs is 1. The Bertz CT molecular complexity index is 936. The van der Waals surface area contributed by atoms with Crippen LogP contribution in [-0.2, 0) is 13.2 Å². The van der Waals surface area contributed by atoms with E-state index < -0.39 is 0 Å². The Kier molecular flexibility index (Phi) is 8.25. The second kappa shape index (κ2) is 11.1. The van der Waals surface area contributed by atoms with Crippen molar-refractivity contribution >= 4 is 22.4 Å². The number of nitrogens with one attached hydrogen (secondary N) is 2. The zero-order valence-electron chi connectivity index (χ0n) is 16.3. The summed E-state index contributed by atoms with van der Waals surface area (Å²) in [4.78, 5) is 0. The van der Waals surface area contributed by atoms with Crippen LogP contribution < -0.4 is 15.4 Å². The summed E-state index contributed by atoms with van der Waals surface area (Å²) < 4.78 is 19.3. The highest BCUT2D eigenvalue weighted by Gasteiger charge is 2.10. The Hall–Kier alpha value is -2.18. The van der Waals surface area contributed by atoms with Crippen LogP contribution in [0.4, 0.5) is 4.39 Å². The Balaban J connectivity index is 1.70. The molecule has 0 unspecified atom stereocenters. The summed E-state index contributed by atoms with van der Waals surface area (Å²) in [7, 11) is 0. The number of hydrogen-bond donors (Lipinski definition) is 3. The highest BCUT2D eigenvalue weighted by atomic mass is 35.5. The van der Waals surface area contributed by atoms with Gasteiger partial charge in [0.25, 0.3) is 0 Å². The number of halogens is 2. The van der Waals surface area contributed by atoms with E-state index in [0.717, 1.165) is 47.2 Å². The van der Waals surface area contributed by atoms with Crippen LogP contribution in [0.2, 0.25) is 5.02 Å². The Morgan fingerprint density at radius 2 is 1.79 bits per heavy atom. The summed E-state index contributed by atoms with van der Waals surface area (Å²) in [6.45, 7) is 3.43. The van der Waals surface area contributed by atoms with Crippen molar-refractivity contribution in [3.63, 3.8) is 0 Å². The lowest BCUT2D eigenvalue weighted by atomic mass is 10.0. The average Bonchev–Trinajstić information content (AvgIpc) is 2.73. The fourth-order valence-corrected chi connectivity index (χ4v) is 3.41. The second-order valence-corrected chi connectivity index (χ2v) is 7.20. The van der Waals surface area contributed by atoms with Crippen LogP contribution in [0.15, 0.2) is 54.6 Å². The molecule has 4 nitrogen and oxygen atoms in total. The van der Waals surface area contributed by atoms with Crippen molar-refractivity contribution in [3.05, 3.63) is 76.6 Å². The van der Waals surface area contributed by atoms with Gasteiger partial charge >= 0.3 is 0 Å². The SMILES string of the molecule is OCCNCCCNCc1c(OCc2ccc(F)cc2Cl)ccc2ccccc12. The maximum Gasteiger partial charge on any atom is 0.124 e. The van der Waals surface area contributed by atoms with Crippen molar-refractivity contribution in [1.82, 2.24) is 10.6 Å². The molecule has 0 heterocycles. The minimum Gasteiger partial charge on any atom is -0.488 e. The van der Waals surface area contributed by atoms with Gasteiger partial charge in [-0.3, -0.25) is 0 Å². The van der Waals surface area contributed by atoms with Gasteiger partial charge in [0.05, 0.1) is 11.6 Å². The van der Waals surface area contributed by atoms with Gasteiger partial charge < -0.3 is 20.5 Å². The van der Waals surface area contributed by atoms with Crippen molar-refractivity contribution < 1.29 is 14.2 Å². The molecule has 0 spiro atoms. The molecule has 3 rings (SSSR count). The molecule has 3 aromatic rings. The highest BCUT2D eigenvalue weighted by Crippen LogP contribution is 2.29. The molecule has 29 heavy (non-hydrogen) atoms. The fraction of sp³-hybridized carbons (Fsp3) is 0.304. The third-order valence-electron chi connectivity index (χ3n) is 4.69. The number of benzene rings is 3. The van der Waals surface area contributed by atoms with Gasteiger partial charge in [0, 0.05) is 24.2 Å². The van der Waals surface area contributed by atoms with Gasteiger partial charge in [-0.05, 0) is 48.5 Å². The zero-order valence-corrected chi connectivity index (χ0v) is 17.0. The predicted molar refractivity (Wildman–Crippen MR) is 116 cm³/mol. The van der Waals surface area contributed by atoms with E-state index in [9.17, 15) is 4.39 Å². The fourth-order valence-electron chi connectivity index (χ4n) is 3.18. The van der Waals surface area contributed by atoms with Crippen LogP contribution in [0.5, 0.6) is 5.75 Å². The molecule has 0 aliphatic rings. The lowest BCUT2D eigenvalue weighted by Gasteiger charge is -2.16. The van der Waals surface area contributed by atoms with Crippen molar-refractivity contribution in [2.75, 3.05) is 26.2 Å². The normalized spacial score (nSPS) is 11.1. The van der Waals surface area contributed by atoms with E-state index in [1.807, 2.05) is 24.3 Å². The molecular formula is C23H26ClFN2O2. The van der Waals surface area contributed by atoms with Gasteiger partial charge in [-0.1, -0.05) is 48.0 Å². The quantitative estimate of drug-likeness (QED) is 0.408. The molecule has 0 aliphatic heterocycles. The Labute approximate surface area is 175 Å². The van der Waals surface area contributed by atoms with Crippen LogP contribution in [0.25, 0.3) is 10.8 Å². The molecule has 154 valence electrons. The molecule has 6 heteroatoms. The zero-order chi connectivity index (χ0) is 20.5. The van der Waals surface area contributed by atoms with Crippen molar-refractivity contribution in [1.29, 1.82) is 0 Å². The lowest BCUT2D eigenvalue weighted by molar-refractivity contribution is 0.292. The number of aliphatic hydroxyl groups is 1. The summed E-state index contributed by atoms with van der Waals surface area (Å²) in [5, 5.41) is 18.1. The predicted octanol–water partition coefficient (Wildman–Crippen LogP) is 4.27. The van der Waals surface area contributed by atoms with E-state index in [1.54, 1.807) is 6.07 Å². The van der Waals surface area contributed by atoms with Gasteiger partial charge in [-0.25, -0.2) is 4.39 Å². The smallest absolute Gasteiger partial charge is 0.124 e. The van der Waals surface area contributed by atoms with Gasteiger partial charge in [0.1, 0.15) is 18.2 Å². The first-order valence-electron chi connectivity index (χ1n) is 9.78. The first-order chi connectivity index (χ1) is 14.2. The van der Waals surface area contributed by atoms with E-state index in [-0.39, 0.29) is 19.0 Å². The molecule has 0 saturated heterocycles. The summed E-state index contributed by atoms with van der Waals surface area (Å²) in [6, 6.07) is 16.6. The molecule has 0 aromatic heterocycles. The Morgan fingerprint density at radius 3 is 2.62 bits per heavy atom. The molecule has 0 fully saturated rings. The van der Waals surface area contributed by atoms with Crippen LogP contribution in [-0.4, -0.2) is 31.3 Å². The third-order valence-corrected chi connectivity index (χ3v) is 5.05. The van der Waals surface area contributed by atoms with Crippen LogP contribution in [0.3, 0.4) is 0 Å². The van der Waals surface area contributed by atoms with Gasteiger partial charge in [0.2, 0.25) is 0 Å². The van der Waals surface area contributed by atoms with Crippen molar-refractivity contribution in [2.24, 2.45) is 0 Å². The van der Waals surface area contributed by atoms with E-state index in [0.29, 0.717) is 18.1 Å². The van der Waals surface area contributed by atoms with Gasteiger partial charge in [-0.2, -0.15) is 0 Å². The molecule has 0 atom stereocenters. The summed E-state index contributed by atoms with van der Waals surface area (Å²) in [5.74, 6) is 0.429. The van der Waals surface area contributed by atoms with Crippen molar-refractivity contribution in [2.45, 2.75) is 19.6 Å². The summed E-state index contributed by atoms with van der Waals surface area (Å²) in [6.07, 6.45) is 0.964. The van der Waals surface area contributed by atoms with Crippen LogP contribution in [0, 0.1) is 5.82 Å². The van der Waals surface area contributed by atoms with E-state index in [2.05, 4.69) is 22.8 Å². The molecule has 3 aromatic carbocycles. The Morgan fingerprint density at radius 1 is 0.966 bits per heavy atom. The van der Waals surface area contributed by atoms with Crippen LogP contribution in [0.1, 0.15) is 17.5 Å². The summed E-state index contributed by atoms with van der Waals surface area (Å²) >= 11 is 6.13. The lowest BCUT2D eigenvalue weighted by Crippen LogP contribution is -2.24. The minimum absolute atomic E-state index is 0.155. The number of ether oxygens (including phenoxy) is 1. The maximum absolute atomic E-state index is 13.3. The second-order valence-electron chi connectivity index (χ2n) is 6.79. The van der Waals surface area contributed by atoms with Gasteiger partial charge in [-0.15, -0.1) is 0 Å². The topological polar surface area (TPSA) is 53.5 Å². The minimum atomic E-state index is -0.358. The molecule has 3 N–H and O–H groups in total. The summed E-state index contributed by atoms with van der Waals surface area (Å²) in [5.41, 5.74) is 1.83. The highest BCUT2D eigenvalue weighted by molar-refractivity contribution is 6.31. The van der Waals surface area contributed by atoms with Crippen molar-refractivity contribution in [3.8, 4) is 5.75 Å². The largest absolute Gasteiger partial charge is 0.488 e. The molecular weight excluding hydrogens is 391 g/mol. The molecule has 0 saturated carbocycles. The van der Waals surface area contributed by atoms with E-state index in [4.69, 9.17) is 21.4 Å². The standard InChI is InChI=1S/C23H26ClFN2O2/c24-22-14-19(25)8-6-18(22)16-29-23-9-7-17-4-1-2-5-20(17)21(23)15-27-11-3-10-26-12-13-28/h1-2,4-9,14,26-28H,3,10-13,15-16H2. The molecule has 0 aliphatic carbocycles. The maximum atomic E-state index is 13.3. The molecule has 0 amide bonds. The first kappa shape index (κ1) is 21.5. The van der Waals surface area contributed by atoms with E-state index >= 15 is 0 Å². The first-order valence-corrected chi connectivity index (χ1v) is 10.2. The molecule has 0 radical (unpaired) electrons. The molecule has 0 bridgehead atoms. The van der Waals surface area contributed by atoms with Crippen LogP contribution >= 0.6 is 11.6 Å². The van der Waals surface area contributed by atoms with E-state index in [1.165, 1.54) is 12.1 Å². The number of aliphatic hydroxyl groups excluding tert-OH is 1. The monoisotopic (exact) mass is 416 g/mol. The number of hydrogen-bond acceptors (Lipinski definition) is 4. The van der Waals surface area contributed by atoms with Gasteiger partial charge in [0.15, 0.2) is 0 Å². The average molecular weight is 417 g/mol. The third kappa shape index (κ3) is 6.15. The number of rotatable bonds is 11.